The van der Waals surface area contributed by atoms with E-state index in [2.05, 4.69) is 22.8 Å². The van der Waals surface area contributed by atoms with E-state index in [1.807, 2.05) is 72.8 Å². The van der Waals surface area contributed by atoms with Crippen molar-refractivity contribution in [2.75, 3.05) is 5.32 Å². The van der Waals surface area contributed by atoms with Crippen LogP contribution in [0.3, 0.4) is 0 Å². The maximum Gasteiger partial charge on any atom is 0.320 e. The van der Waals surface area contributed by atoms with Crippen LogP contribution in [0.1, 0.15) is 18.4 Å². The zero-order valence-corrected chi connectivity index (χ0v) is 14.3. The van der Waals surface area contributed by atoms with Crippen molar-refractivity contribution in [1.29, 1.82) is 0 Å². The molecule has 0 unspecified atom stereocenters. The zero-order chi connectivity index (χ0) is 17.8. The van der Waals surface area contributed by atoms with Crippen LogP contribution >= 0.6 is 0 Å². The summed E-state index contributed by atoms with van der Waals surface area (Å²) in [6, 6.07) is 26.8. The van der Waals surface area contributed by atoms with Crippen molar-refractivity contribution in [3.05, 3.63) is 90.5 Å². The van der Waals surface area contributed by atoms with E-state index in [0.717, 1.165) is 24.2 Å². The first-order chi connectivity index (χ1) is 12.8. The highest BCUT2D eigenvalue weighted by molar-refractivity contribution is 5.91. The van der Waals surface area contributed by atoms with Crippen molar-refractivity contribution < 1.29 is 9.53 Å². The summed E-state index contributed by atoms with van der Waals surface area (Å²) in [6.45, 7) is 0. The van der Waals surface area contributed by atoms with Crippen LogP contribution in [0.5, 0.6) is 11.5 Å². The van der Waals surface area contributed by atoms with E-state index in [0.29, 0.717) is 11.4 Å². The number of anilines is 1. The van der Waals surface area contributed by atoms with Gasteiger partial charge in [-0.2, -0.15) is 0 Å². The van der Waals surface area contributed by atoms with Gasteiger partial charge in [-0.25, -0.2) is 4.79 Å². The molecule has 0 atom stereocenters. The minimum Gasteiger partial charge on any atom is -0.455 e. The molecule has 0 aromatic heterocycles. The number of hydrogen-bond acceptors (Lipinski definition) is 2. The Bertz CT molecular complexity index is 890. The minimum atomic E-state index is -0.249. The molecule has 0 saturated heterocycles. The maximum absolute atomic E-state index is 12.6. The lowest BCUT2D eigenvalue weighted by Crippen LogP contribution is -2.38. The fourth-order valence-corrected chi connectivity index (χ4v) is 3.01. The highest BCUT2D eigenvalue weighted by atomic mass is 16.5. The third-order valence-corrected chi connectivity index (χ3v) is 4.54. The Morgan fingerprint density at radius 3 is 2.12 bits per heavy atom. The summed E-state index contributed by atoms with van der Waals surface area (Å²) in [5, 5.41) is 6.04. The van der Waals surface area contributed by atoms with Crippen molar-refractivity contribution in [2.45, 2.75) is 18.4 Å². The number of nitrogens with one attached hydrogen (secondary N) is 2. The van der Waals surface area contributed by atoms with Crippen LogP contribution in [0.2, 0.25) is 0 Å². The predicted molar refractivity (Wildman–Crippen MR) is 102 cm³/mol. The molecular formula is C22H20N2O2. The van der Waals surface area contributed by atoms with Gasteiger partial charge in [0.15, 0.2) is 5.75 Å². The Kier molecular flexibility index (Phi) is 4.32. The molecule has 0 aliphatic heterocycles. The van der Waals surface area contributed by atoms with Crippen molar-refractivity contribution in [3.63, 3.8) is 0 Å². The summed E-state index contributed by atoms with van der Waals surface area (Å²) in [6.07, 6.45) is 1.90. The van der Waals surface area contributed by atoms with Crippen molar-refractivity contribution in [1.82, 2.24) is 5.32 Å². The van der Waals surface area contributed by atoms with E-state index in [-0.39, 0.29) is 11.6 Å². The van der Waals surface area contributed by atoms with Gasteiger partial charge in [-0.15, -0.1) is 0 Å². The van der Waals surface area contributed by atoms with E-state index in [1.54, 1.807) is 0 Å². The van der Waals surface area contributed by atoms with E-state index in [9.17, 15) is 4.79 Å². The van der Waals surface area contributed by atoms with Gasteiger partial charge in [0, 0.05) is 0 Å². The van der Waals surface area contributed by atoms with Crippen LogP contribution in [-0.4, -0.2) is 6.03 Å². The number of para-hydroxylation sites is 3. The summed E-state index contributed by atoms with van der Waals surface area (Å²) in [5.74, 6) is 1.34. The molecule has 3 aromatic carbocycles. The molecule has 0 radical (unpaired) electrons. The van der Waals surface area contributed by atoms with Crippen LogP contribution in [-0.2, 0) is 5.54 Å². The van der Waals surface area contributed by atoms with E-state index in [4.69, 9.17) is 4.74 Å². The van der Waals surface area contributed by atoms with Gasteiger partial charge in [0.2, 0.25) is 0 Å². The number of amides is 2. The summed E-state index contributed by atoms with van der Waals surface area (Å²) in [4.78, 5) is 12.6. The molecule has 4 heteroatoms. The Morgan fingerprint density at radius 1 is 0.808 bits per heavy atom. The van der Waals surface area contributed by atoms with Gasteiger partial charge in [0.05, 0.1) is 11.2 Å². The second kappa shape index (κ2) is 6.92. The zero-order valence-electron chi connectivity index (χ0n) is 14.3. The number of hydrogen-bond donors (Lipinski definition) is 2. The highest BCUT2D eigenvalue weighted by Gasteiger charge is 2.45. The second-order valence-electron chi connectivity index (χ2n) is 6.44. The van der Waals surface area contributed by atoms with Crippen molar-refractivity contribution in [3.8, 4) is 11.5 Å². The van der Waals surface area contributed by atoms with Crippen molar-refractivity contribution >= 4 is 11.7 Å². The summed E-state index contributed by atoms with van der Waals surface area (Å²) < 4.78 is 5.90. The standard InChI is InChI=1S/C22H20N2O2/c25-21(24-22(15-16-22)17-9-3-1-4-10-17)23-19-13-7-8-14-20(19)26-18-11-5-2-6-12-18/h1-14H,15-16H2,(H2,23,24,25). The minimum absolute atomic E-state index is 0.226. The number of urea groups is 1. The molecule has 0 bridgehead atoms. The molecule has 4 nitrogen and oxygen atoms in total. The lowest BCUT2D eigenvalue weighted by atomic mass is 10.1. The lowest BCUT2D eigenvalue weighted by molar-refractivity contribution is 0.247. The lowest BCUT2D eigenvalue weighted by Gasteiger charge is -2.19. The van der Waals surface area contributed by atoms with E-state index < -0.39 is 0 Å². The Balaban J connectivity index is 1.47. The van der Waals surface area contributed by atoms with Gasteiger partial charge in [0.25, 0.3) is 0 Å². The fourth-order valence-electron chi connectivity index (χ4n) is 3.01. The first-order valence-electron chi connectivity index (χ1n) is 8.72. The molecule has 1 aliphatic carbocycles. The predicted octanol–water partition coefficient (Wildman–Crippen LogP) is 5.29. The van der Waals surface area contributed by atoms with Gasteiger partial charge in [-0.3, -0.25) is 0 Å². The van der Waals surface area contributed by atoms with Crippen LogP contribution < -0.4 is 15.4 Å². The molecule has 3 aromatic rings. The third kappa shape index (κ3) is 3.54. The maximum atomic E-state index is 12.6. The average molecular weight is 344 g/mol. The van der Waals surface area contributed by atoms with Crippen LogP contribution in [0, 0.1) is 0 Å². The molecule has 0 heterocycles. The quantitative estimate of drug-likeness (QED) is 0.661. The molecule has 2 N–H and O–H groups in total. The molecule has 2 amide bonds. The van der Waals surface area contributed by atoms with Crippen LogP contribution in [0.25, 0.3) is 0 Å². The topological polar surface area (TPSA) is 50.4 Å². The first kappa shape index (κ1) is 16.2. The molecular weight excluding hydrogens is 324 g/mol. The fraction of sp³-hybridized carbons (Fsp3) is 0.136. The number of carbonyl (C=O) groups excluding carboxylic acids is 1. The molecule has 1 aliphatic rings. The molecule has 0 spiro atoms. The average Bonchev–Trinajstić information content (AvgIpc) is 3.45. The Hall–Kier alpha value is -3.27. The SMILES string of the molecule is O=C(Nc1ccccc1Oc1ccccc1)NC1(c2ccccc2)CC1. The Morgan fingerprint density at radius 2 is 1.42 bits per heavy atom. The molecule has 1 fully saturated rings. The smallest absolute Gasteiger partial charge is 0.320 e. The van der Waals surface area contributed by atoms with Gasteiger partial charge in [0.1, 0.15) is 5.75 Å². The number of carbonyl (C=O) groups is 1. The second-order valence-corrected chi connectivity index (χ2v) is 6.44. The number of rotatable bonds is 5. The van der Waals surface area contributed by atoms with Crippen molar-refractivity contribution in [2.24, 2.45) is 0 Å². The molecule has 130 valence electrons. The third-order valence-electron chi connectivity index (χ3n) is 4.54. The molecule has 1 saturated carbocycles. The van der Waals surface area contributed by atoms with Gasteiger partial charge in [-0.05, 0) is 42.7 Å². The van der Waals surface area contributed by atoms with E-state index >= 15 is 0 Å². The summed E-state index contributed by atoms with van der Waals surface area (Å²) >= 11 is 0. The van der Waals surface area contributed by atoms with Gasteiger partial charge < -0.3 is 15.4 Å². The normalized spacial score (nSPS) is 14.3. The summed E-state index contributed by atoms with van der Waals surface area (Å²) in [5.41, 5.74) is 1.53. The number of benzene rings is 3. The number of ether oxygens (including phenoxy) is 1. The highest BCUT2D eigenvalue weighted by Crippen LogP contribution is 2.45. The van der Waals surface area contributed by atoms with Crippen LogP contribution in [0.15, 0.2) is 84.9 Å². The monoisotopic (exact) mass is 344 g/mol. The largest absolute Gasteiger partial charge is 0.455 e. The summed E-state index contributed by atoms with van der Waals surface area (Å²) in [7, 11) is 0. The Labute approximate surface area is 152 Å². The van der Waals surface area contributed by atoms with Crippen LogP contribution in [0.4, 0.5) is 10.5 Å². The molecule has 4 rings (SSSR count). The van der Waals surface area contributed by atoms with Gasteiger partial charge in [-0.1, -0.05) is 60.7 Å². The van der Waals surface area contributed by atoms with Gasteiger partial charge >= 0.3 is 6.03 Å². The molecule has 26 heavy (non-hydrogen) atoms. The van der Waals surface area contributed by atoms with E-state index in [1.165, 1.54) is 0 Å². The first-order valence-corrected chi connectivity index (χ1v) is 8.72.